The number of carboxylic acids is 1. The van der Waals surface area contributed by atoms with E-state index in [-0.39, 0.29) is 25.7 Å². The molecule has 15 heteroatoms. The summed E-state index contributed by atoms with van der Waals surface area (Å²) in [5.74, 6) is -4.33. The first-order chi connectivity index (χ1) is 31.1. The first-order valence-electron chi connectivity index (χ1n) is 20.6. The van der Waals surface area contributed by atoms with Crippen molar-refractivity contribution in [2.45, 2.75) is 49.9 Å². The fourth-order valence-electron chi connectivity index (χ4n) is 7.21. The molecule has 4 heterocycles. The zero-order valence-corrected chi connectivity index (χ0v) is 35.4. The van der Waals surface area contributed by atoms with Crippen molar-refractivity contribution < 1.29 is 38.6 Å². The summed E-state index contributed by atoms with van der Waals surface area (Å²) in [6, 6.07) is 33.7. The van der Waals surface area contributed by atoms with Gasteiger partial charge in [0.25, 0.3) is 5.91 Å². The number of fused-ring (bicyclic) bond motifs is 16. The minimum atomic E-state index is -1.29. The lowest BCUT2D eigenvalue weighted by atomic mass is 9.98. The van der Waals surface area contributed by atoms with Gasteiger partial charge in [-0.15, -0.1) is 11.3 Å². The maximum Gasteiger partial charge on any atom is 0.322 e. The third-order valence-corrected chi connectivity index (χ3v) is 11.5. The Kier molecular flexibility index (Phi) is 14.9. The number of aliphatic carboxylic acids is 1. The predicted molar refractivity (Wildman–Crippen MR) is 241 cm³/mol. The summed E-state index contributed by atoms with van der Waals surface area (Å²) in [6.07, 6.45) is 3.47. The average molecular weight is 879 g/mol. The SMILES string of the molecule is O=C(O)CNC(=O)C1Cc2ccc(cc2)OCC(=O)NC(Cc2cccs2)C(=O)NC(Cc2ccc(-c3ccccc3)cc2)C(=O)NC(Cc2ccc(-c3cccnc3)cc2)C(=O)N1. The van der Waals surface area contributed by atoms with Gasteiger partial charge in [-0.2, -0.15) is 0 Å². The summed E-state index contributed by atoms with van der Waals surface area (Å²) < 4.78 is 5.75. The highest BCUT2D eigenvalue weighted by Crippen LogP contribution is 2.22. The van der Waals surface area contributed by atoms with Gasteiger partial charge in [0.15, 0.2) is 6.61 Å². The molecule has 4 atom stereocenters. The third kappa shape index (κ3) is 12.5. The molecule has 0 radical (unpaired) electrons. The summed E-state index contributed by atoms with van der Waals surface area (Å²) in [6.45, 7) is -1.11. The van der Waals surface area contributed by atoms with Crippen molar-refractivity contribution in [2.75, 3.05) is 13.2 Å². The Hall–Kier alpha value is -7.65. The van der Waals surface area contributed by atoms with Crippen LogP contribution in [0.15, 0.2) is 145 Å². The lowest BCUT2D eigenvalue weighted by molar-refractivity contribution is -0.138. The van der Waals surface area contributed by atoms with E-state index in [1.807, 2.05) is 109 Å². The number of benzene rings is 4. The van der Waals surface area contributed by atoms with E-state index in [2.05, 4.69) is 31.6 Å². The number of carbonyl (C=O) groups excluding carboxylic acids is 5. The highest BCUT2D eigenvalue weighted by molar-refractivity contribution is 7.09. The number of hydrogen-bond donors (Lipinski definition) is 6. The van der Waals surface area contributed by atoms with Gasteiger partial charge in [-0.05, 0) is 68.6 Å². The van der Waals surface area contributed by atoms with Crippen LogP contribution >= 0.6 is 11.3 Å². The van der Waals surface area contributed by atoms with Crippen LogP contribution in [0.1, 0.15) is 21.6 Å². The number of thiophene rings is 1. The first kappa shape index (κ1) is 44.4. The Morgan fingerprint density at radius 2 is 1.22 bits per heavy atom. The van der Waals surface area contributed by atoms with E-state index in [0.717, 1.165) is 27.1 Å². The second-order valence-electron chi connectivity index (χ2n) is 15.2. The Morgan fingerprint density at radius 1 is 0.641 bits per heavy atom. The molecule has 2 aliphatic heterocycles. The standard InChI is InChI=1S/C49H46N6O8S/c56-44-30-63-38-20-14-33(15-21-38)24-40(46(59)51-29-45(57)58)53-47(60)41(26-32-12-18-36(19-13-32)37-8-4-22-50-28-37)54-48(61)42(55-49(62)43(52-44)27-39-9-5-23-64-39)25-31-10-16-35(17-11-31)34-6-2-1-3-7-34/h1-23,28,40-43H,24-27,29-30H2,(H,51,59)(H,52,56)(H,53,60)(H,54,61)(H,55,62)(H,57,58). The molecule has 2 aliphatic rings. The Bertz CT molecular complexity index is 2540. The number of nitrogens with one attached hydrogen (secondary N) is 5. The molecule has 6 aromatic rings. The van der Waals surface area contributed by atoms with Crippen molar-refractivity contribution in [3.8, 4) is 28.0 Å². The molecule has 64 heavy (non-hydrogen) atoms. The molecule has 4 unspecified atom stereocenters. The molecular weight excluding hydrogens is 833 g/mol. The highest BCUT2D eigenvalue weighted by atomic mass is 32.1. The Morgan fingerprint density at radius 3 is 1.80 bits per heavy atom. The predicted octanol–water partition coefficient (Wildman–Crippen LogP) is 4.28. The number of ether oxygens (including phenoxy) is 1. The molecule has 0 spiro atoms. The number of amides is 5. The van der Waals surface area contributed by atoms with Crippen LogP contribution in [0.5, 0.6) is 5.75 Å². The third-order valence-electron chi connectivity index (χ3n) is 10.6. The zero-order chi connectivity index (χ0) is 44.8. The number of hydrogen-bond acceptors (Lipinski definition) is 9. The fourth-order valence-corrected chi connectivity index (χ4v) is 7.97. The smallest absolute Gasteiger partial charge is 0.322 e. The van der Waals surface area contributed by atoms with Crippen LogP contribution in [0, 0.1) is 0 Å². The molecule has 0 aliphatic carbocycles. The molecule has 14 nitrogen and oxygen atoms in total. The average Bonchev–Trinajstić information content (AvgIpc) is 3.83. The van der Waals surface area contributed by atoms with Crippen LogP contribution in [0.3, 0.4) is 0 Å². The number of aromatic nitrogens is 1. The lowest BCUT2D eigenvalue weighted by Gasteiger charge is -2.27. The largest absolute Gasteiger partial charge is 0.484 e. The molecule has 8 rings (SSSR count). The number of carbonyl (C=O) groups is 6. The quantitative estimate of drug-likeness (QED) is 0.103. The minimum Gasteiger partial charge on any atom is -0.484 e. The van der Waals surface area contributed by atoms with Crippen molar-refractivity contribution in [3.63, 3.8) is 0 Å². The summed E-state index contributed by atoms with van der Waals surface area (Å²) in [7, 11) is 0. The number of rotatable bonds is 11. The van der Waals surface area contributed by atoms with E-state index in [1.54, 1.807) is 36.7 Å². The maximum atomic E-state index is 14.7. The van der Waals surface area contributed by atoms with Crippen molar-refractivity contribution in [1.29, 1.82) is 0 Å². The van der Waals surface area contributed by atoms with E-state index < -0.39 is 72.8 Å². The second kappa shape index (κ2) is 21.4. The van der Waals surface area contributed by atoms with Crippen LogP contribution in [0.2, 0.25) is 0 Å². The maximum absolute atomic E-state index is 14.7. The van der Waals surface area contributed by atoms with Crippen LogP contribution in [-0.2, 0) is 54.5 Å². The van der Waals surface area contributed by atoms with Gasteiger partial charge >= 0.3 is 5.97 Å². The number of pyridine rings is 1. The van der Waals surface area contributed by atoms with Gasteiger partial charge in [-0.25, -0.2) is 0 Å². The first-order valence-corrected chi connectivity index (χ1v) is 21.5. The van der Waals surface area contributed by atoms with Crippen molar-refractivity contribution in [1.82, 2.24) is 31.6 Å². The Balaban J connectivity index is 1.24. The molecule has 2 bridgehead atoms. The molecule has 5 amide bonds. The van der Waals surface area contributed by atoms with Crippen LogP contribution < -0.4 is 31.3 Å². The van der Waals surface area contributed by atoms with Gasteiger partial charge < -0.3 is 36.4 Å². The van der Waals surface area contributed by atoms with Gasteiger partial charge in [-0.1, -0.05) is 103 Å². The van der Waals surface area contributed by atoms with E-state index in [0.29, 0.717) is 22.4 Å². The van der Waals surface area contributed by atoms with Crippen LogP contribution in [0.25, 0.3) is 22.3 Å². The van der Waals surface area contributed by atoms with Crippen molar-refractivity contribution >= 4 is 46.8 Å². The van der Waals surface area contributed by atoms with Crippen molar-refractivity contribution in [2.24, 2.45) is 0 Å². The summed E-state index contributed by atoms with van der Waals surface area (Å²) in [5, 5.41) is 24.8. The molecule has 0 saturated carbocycles. The van der Waals surface area contributed by atoms with Gasteiger partial charge in [0.05, 0.1) is 0 Å². The normalized spacial score (nSPS) is 18.4. The Labute approximate surface area is 373 Å². The second-order valence-corrected chi connectivity index (χ2v) is 16.3. The van der Waals surface area contributed by atoms with Crippen molar-refractivity contribution in [3.05, 3.63) is 167 Å². The minimum absolute atomic E-state index is 0.0117. The summed E-state index contributed by atoms with van der Waals surface area (Å²) in [5.41, 5.74) is 5.66. The molecule has 6 N–H and O–H groups in total. The molecular formula is C49H46N6O8S. The molecule has 0 fully saturated rings. The van der Waals surface area contributed by atoms with E-state index in [9.17, 15) is 33.9 Å². The van der Waals surface area contributed by atoms with E-state index in [1.165, 1.54) is 11.3 Å². The van der Waals surface area contributed by atoms with Gasteiger partial charge in [0, 0.05) is 43.0 Å². The fraction of sp³-hybridized carbons (Fsp3) is 0.204. The van der Waals surface area contributed by atoms with E-state index >= 15 is 0 Å². The molecule has 2 aromatic heterocycles. The highest BCUT2D eigenvalue weighted by Gasteiger charge is 2.32. The lowest BCUT2D eigenvalue weighted by Crippen LogP contribution is -2.59. The molecule has 4 aromatic carbocycles. The van der Waals surface area contributed by atoms with Crippen LogP contribution in [0.4, 0.5) is 0 Å². The summed E-state index contributed by atoms with van der Waals surface area (Å²) >= 11 is 1.41. The molecule has 326 valence electrons. The zero-order valence-electron chi connectivity index (χ0n) is 34.6. The molecule has 0 saturated heterocycles. The monoisotopic (exact) mass is 878 g/mol. The van der Waals surface area contributed by atoms with Gasteiger partial charge in [-0.3, -0.25) is 33.8 Å². The number of carboxylic acid groups (broad SMARTS) is 1. The van der Waals surface area contributed by atoms with E-state index in [4.69, 9.17) is 4.74 Å². The van der Waals surface area contributed by atoms with Gasteiger partial charge in [0.2, 0.25) is 23.6 Å². The summed E-state index contributed by atoms with van der Waals surface area (Å²) in [4.78, 5) is 86.8. The van der Waals surface area contributed by atoms with Gasteiger partial charge in [0.1, 0.15) is 36.5 Å². The van der Waals surface area contributed by atoms with Crippen LogP contribution in [-0.4, -0.2) is 82.9 Å². The topological polar surface area (TPSA) is 205 Å². The number of nitrogens with zero attached hydrogens (tertiary/aromatic N) is 1.